The Morgan fingerprint density at radius 1 is 1.50 bits per heavy atom. The van der Waals surface area contributed by atoms with Crippen molar-refractivity contribution >= 4 is 11.6 Å². The predicted octanol–water partition coefficient (Wildman–Crippen LogP) is 3.36. The van der Waals surface area contributed by atoms with Gasteiger partial charge in [-0.15, -0.1) is 0 Å². The molecule has 1 atom stereocenters. The van der Waals surface area contributed by atoms with Gasteiger partial charge >= 0.3 is 0 Å². The fourth-order valence-electron chi connectivity index (χ4n) is 1.76. The summed E-state index contributed by atoms with van der Waals surface area (Å²) >= 11 is 5.74. The highest BCUT2D eigenvalue weighted by molar-refractivity contribution is 6.31. The van der Waals surface area contributed by atoms with Gasteiger partial charge in [0.15, 0.2) is 0 Å². The number of aromatic amines is 1. The number of halogens is 2. The maximum absolute atomic E-state index is 13.1. The van der Waals surface area contributed by atoms with Gasteiger partial charge in [-0.2, -0.15) is 0 Å². The van der Waals surface area contributed by atoms with Crippen molar-refractivity contribution in [2.24, 2.45) is 0 Å². The smallest absolute Gasteiger partial charge is 0.141 e. The van der Waals surface area contributed by atoms with Crippen molar-refractivity contribution in [3.8, 4) is 11.3 Å². The summed E-state index contributed by atoms with van der Waals surface area (Å²) in [6.45, 7) is 2.03. The second kappa shape index (κ2) is 5.50. The summed E-state index contributed by atoms with van der Waals surface area (Å²) in [6, 6.07) is 4.51. The van der Waals surface area contributed by atoms with E-state index in [-0.39, 0.29) is 17.5 Å². The molecule has 2 aromatic rings. The van der Waals surface area contributed by atoms with E-state index < -0.39 is 5.82 Å². The molecule has 1 unspecified atom stereocenters. The standard InChI is InChI=1S/C13H14ClFN2O/c1-2-8(7-18)13-16-6-12(17-13)9-3-4-11(15)10(14)5-9/h3-6,8,18H,2,7H2,1H3,(H,16,17). The van der Waals surface area contributed by atoms with Crippen LogP contribution in [0, 0.1) is 5.82 Å². The van der Waals surface area contributed by atoms with Gasteiger partial charge in [0.2, 0.25) is 0 Å². The molecule has 5 heteroatoms. The molecule has 0 aliphatic heterocycles. The van der Waals surface area contributed by atoms with E-state index in [1.807, 2.05) is 6.92 Å². The maximum Gasteiger partial charge on any atom is 0.141 e. The monoisotopic (exact) mass is 268 g/mol. The van der Waals surface area contributed by atoms with Gasteiger partial charge in [0.25, 0.3) is 0 Å². The van der Waals surface area contributed by atoms with E-state index >= 15 is 0 Å². The molecule has 0 saturated carbocycles. The lowest BCUT2D eigenvalue weighted by atomic mass is 10.1. The van der Waals surface area contributed by atoms with Crippen LogP contribution in [0.4, 0.5) is 4.39 Å². The van der Waals surface area contributed by atoms with Gasteiger partial charge < -0.3 is 10.1 Å². The van der Waals surface area contributed by atoms with E-state index in [1.54, 1.807) is 18.3 Å². The number of H-pyrrole nitrogens is 1. The summed E-state index contributed by atoms with van der Waals surface area (Å²) in [7, 11) is 0. The molecular weight excluding hydrogens is 255 g/mol. The van der Waals surface area contributed by atoms with Gasteiger partial charge in [0, 0.05) is 11.5 Å². The summed E-state index contributed by atoms with van der Waals surface area (Å²) in [5, 5.41) is 9.29. The van der Waals surface area contributed by atoms with Crippen molar-refractivity contribution in [1.29, 1.82) is 0 Å². The summed E-state index contributed by atoms with van der Waals surface area (Å²) < 4.78 is 13.1. The lowest BCUT2D eigenvalue weighted by Gasteiger charge is -2.07. The third-order valence-corrected chi connectivity index (χ3v) is 3.22. The molecule has 18 heavy (non-hydrogen) atoms. The van der Waals surface area contributed by atoms with Crippen LogP contribution in [0.1, 0.15) is 25.1 Å². The summed E-state index contributed by atoms with van der Waals surface area (Å²) in [6.07, 6.45) is 2.46. The Labute approximate surface area is 110 Å². The van der Waals surface area contributed by atoms with Crippen LogP contribution in [0.3, 0.4) is 0 Å². The molecule has 0 aliphatic carbocycles. The third-order valence-electron chi connectivity index (χ3n) is 2.93. The van der Waals surface area contributed by atoms with Crippen molar-refractivity contribution in [2.75, 3.05) is 6.61 Å². The van der Waals surface area contributed by atoms with E-state index in [1.165, 1.54) is 6.07 Å². The Kier molecular flexibility index (Phi) is 3.99. The van der Waals surface area contributed by atoms with E-state index in [0.29, 0.717) is 0 Å². The summed E-state index contributed by atoms with van der Waals surface area (Å²) in [5.74, 6) is 0.284. The number of imidazole rings is 1. The topological polar surface area (TPSA) is 48.9 Å². The van der Waals surface area contributed by atoms with Gasteiger partial charge in [-0.05, 0) is 24.6 Å². The van der Waals surface area contributed by atoms with Crippen LogP contribution in [-0.2, 0) is 0 Å². The normalized spacial score (nSPS) is 12.7. The molecule has 0 spiro atoms. The van der Waals surface area contributed by atoms with E-state index in [9.17, 15) is 9.50 Å². The third kappa shape index (κ3) is 2.54. The average Bonchev–Trinajstić information content (AvgIpc) is 2.84. The van der Waals surface area contributed by atoms with Crippen LogP contribution in [0.25, 0.3) is 11.3 Å². The number of rotatable bonds is 4. The number of hydrogen-bond donors (Lipinski definition) is 2. The minimum Gasteiger partial charge on any atom is -0.396 e. The maximum atomic E-state index is 13.1. The zero-order chi connectivity index (χ0) is 13.1. The second-order valence-electron chi connectivity index (χ2n) is 4.10. The number of nitrogens with one attached hydrogen (secondary N) is 1. The molecule has 2 N–H and O–H groups in total. The Bertz CT molecular complexity index is 538. The highest BCUT2D eigenvalue weighted by Gasteiger charge is 2.13. The van der Waals surface area contributed by atoms with Crippen LogP contribution in [-0.4, -0.2) is 21.7 Å². The van der Waals surface area contributed by atoms with Crippen molar-refractivity contribution in [2.45, 2.75) is 19.3 Å². The largest absolute Gasteiger partial charge is 0.396 e. The lowest BCUT2D eigenvalue weighted by Crippen LogP contribution is -2.04. The first-order valence-electron chi connectivity index (χ1n) is 5.76. The molecule has 3 nitrogen and oxygen atoms in total. The molecule has 1 heterocycles. The Hall–Kier alpha value is -1.39. The molecule has 2 rings (SSSR count). The fourth-order valence-corrected chi connectivity index (χ4v) is 1.94. The highest BCUT2D eigenvalue weighted by Crippen LogP contribution is 2.25. The number of hydrogen-bond acceptors (Lipinski definition) is 2. The first-order valence-corrected chi connectivity index (χ1v) is 6.14. The Balaban J connectivity index is 2.31. The lowest BCUT2D eigenvalue weighted by molar-refractivity contribution is 0.258. The van der Waals surface area contributed by atoms with Crippen LogP contribution in [0.15, 0.2) is 24.4 Å². The minimum absolute atomic E-state index is 0.00493. The number of benzene rings is 1. The predicted molar refractivity (Wildman–Crippen MR) is 69.1 cm³/mol. The Morgan fingerprint density at radius 3 is 2.89 bits per heavy atom. The van der Waals surface area contributed by atoms with Gasteiger partial charge in [-0.1, -0.05) is 18.5 Å². The SMILES string of the molecule is CCC(CO)c1ncc(-c2ccc(F)c(Cl)c2)[nH]1. The minimum atomic E-state index is -0.443. The molecule has 96 valence electrons. The zero-order valence-electron chi connectivity index (χ0n) is 9.95. The zero-order valence-corrected chi connectivity index (χ0v) is 10.7. The van der Waals surface area contributed by atoms with Crippen LogP contribution in [0.5, 0.6) is 0 Å². The van der Waals surface area contributed by atoms with E-state index in [2.05, 4.69) is 9.97 Å². The van der Waals surface area contributed by atoms with Crippen molar-refractivity contribution < 1.29 is 9.50 Å². The number of aliphatic hydroxyl groups is 1. The molecule has 0 fully saturated rings. The van der Waals surface area contributed by atoms with Gasteiger partial charge in [0.05, 0.1) is 23.5 Å². The molecule has 1 aromatic carbocycles. The molecule has 0 saturated heterocycles. The second-order valence-corrected chi connectivity index (χ2v) is 4.51. The quantitative estimate of drug-likeness (QED) is 0.893. The van der Waals surface area contributed by atoms with Crippen molar-refractivity contribution in [1.82, 2.24) is 9.97 Å². The molecule has 0 aliphatic rings. The number of nitrogens with zero attached hydrogens (tertiary/aromatic N) is 1. The van der Waals surface area contributed by atoms with E-state index in [4.69, 9.17) is 11.6 Å². The molecule has 0 bridgehead atoms. The number of aliphatic hydroxyl groups excluding tert-OH is 1. The number of aromatic nitrogens is 2. The van der Waals surface area contributed by atoms with Crippen LogP contribution in [0.2, 0.25) is 5.02 Å². The Morgan fingerprint density at radius 2 is 2.28 bits per heavy atom. The average molecular weight is 269 g/mol. The van der Waals surface area contributed by atoms with Crippen molar-refractivity contribution in [3.05, 3.63) is 41.1 Å². The summed E-state index contributed by atoms with van der Waals surface area (Å²) in [4.78, 5) is 7.36. The fraction of sp³-hybridized carbons (Fsp3) is 0.308. The molecule has 1 aromatic heterocycles. The van der Waals surface area contributed by atoms with Gasteiger partial charge in [-0.3, -0.25) is 0 Å². The van der Waals surface area contributed by atoms with Gasteiger partial charge in [0.1, 0.15) is 11.6 Å². The van der Waals surface area contributed by atoms with Gasteiger partial charge in [-0.25, -0.2) is 9.37 Å². The first-order chi connectivity index (χ1) is 8.65. The highest BCUT2D eigenvalue weighted by atomic mass is 35.5. The summed E-state index contributed by atoms with van der Waals surface area (Å²) in [5.41, 5.74) is 1.53. The first kappa shape index (κ1) is 13.1. The van der Waals surface area contributed by atoms with Crippen LogP contribution >= 0.6 is 11.6 Å². The molecule has 0 radical (unpaired) electrons. The van der Waals surface area contributed by atoms with Crippen molar-refractivity contribution in [3.63, 3.8) is 0 Å². The molecular formula is C13H14ClFN2O. The van der Waals surface area contributed by atoms with E-state index in [0.717, 1.165) is 23.5 Å². The van der Waals surface area contributed by atoms with Crippen LogP contribution < -0.4 is 0 Å². The molecule has 0 amide bonds.